The number of hydrogen-bond acceptors (Lipinski definition) is 2. The van der Waals surface area contributed by atoms with Gasteiger partial charge in [-0.05, 0) is 44.4 Å². The number of benzene rings is 1. The van der Waals surface area contributed by atoms with Gasteiger partial charge in [-0.2, -0.15) is 0 Å². The molecule has 2 atom stereocenters. The lowest BCUT2D eigenvalue weighted by atomic mass is 10.0. The van der Waals surface area contributed by atoms with E-state index >= 15 is 0 Å². The van der Waals surface area contributed by atoms with Crippen LogP contribution in [0.25, 0.3) is 0 Å². The molecule has 0 amide bonds. The van der Waals surface area contributed by atoms with Crippen molar-refractivity contribution < 1.29 is 4.74 Å². The van der Waals surface area contributed by atoms with Gasteiger partial charge in [-0.25, -0.2) is 0 Å². The highest BCUT2D eigenvalue weighted by atomic mass is 16.5. The monoisotopic (exact) mass is 219 g/mol. The van der Waals surface area contributed by atoms with E-state index in [0.29, 0.717) is 12.1 Å². The van der Waals surface area contributed by atoms with Crippen molar-refractivity contribution in [1.82, 2.24) is 5.32 Å². The third kappa shape index (κ3) is 2.76. The SMILES string of the molecule is CCc1ccccc1OC1CCNC(C)C1. The first-order valence-corrected chi connectivity index (χ1v) is 6.27. The fraction of sp³-hybridized carbons (Fsp3) is 0.571. The second-order valence-electron chi connectivity index (χ2n) is 4.58. The Bertz CT molecular complexity index is 337. The molecule has 0 aromatic heterocycles. The minimum absolute atomic E-state index is 0.379. The van der Waals surface area contributed by atoms with Crippen LogP contribution in [0.15, 0.2) is 24.3 Å². The molecule has 1 saturated heterocycles. The molecule has 16 heavy (non-hydrogen) atoms. The van der Waals surface area contributed by atoms with Crippen LogP contribution in [-0.4, -0.2) is 18.7 Å². The van der Waals surface area contributed by atoms with Crippen LogP contribution in [0.1, 0.15) is 32.3 Å². The molecule has 88 valence electrons. The summed E-state index contributed by atoms with van der Waals surface area (Å²) in [5.74, 6) is 1.07. The number of hydrogen-bond donors (Lipinski definition) is 1. The maximum Gasteiger partial charge on any atom is 0.122 e. The van der Waals surface area contributed by atoms with Gasteiger partial charge < -0.3 is 10.1 Å². The highest BCUT2D eigenvalue weighted by Crippen LogP contribution is 2.23. The van der Waals surface area contributed by atoms with Gasteiger partial charge in [0.05, 0.1) is 0 Å². The van der Waals surface area contributed by atoms with Crippen LogP contribution in [-0.2, 0) is 6.42 Å². The number of ether oxygens (including phenoxy) is 1. The van der Waals surface area contributed by atoms with E-state index in [1.54, 1.807) is 0 Å². The molecule has 0 radical (unpaired) electrons. The minimum Gasteiger partial charge on any atom is -0.490 e. The average Bonchev–Trinajstić information content (AvgIpc) is 2.30. The Hall–Kier alpha value is -1.02. The van der Waals surface area contributed by atoms with Crippen molar-refractivity contribution in [3.63, 3.8) is 0 Å². The summed E-state index contributed by atoms with van der Waals surface area (Å²) in [6.07, 6.45) is 3.64. The van der Waals surface area contributed by atoms with Crippen LogP contribution in [0.2, 0.25) is 0 Å². The number of rotatable bonds is 3. The minimum atomic E-state index is 0.379. The van der Waals surface area contributed by atoms with Gasteiger partial charge in [-0.1, -0.05) is 25.1 Å². The summed E-state index contributed by atoms with van der Waals surface area (Å²) >= 11 is 0. The molecule has 0 spiro atoms. The Kier molecular flexibility index (Phi) is 3.83. The number of nitrogens with one attached hydrogen (secondary N) is 1. The van der Waals surface area contributed by atoms with Crippen LogP contribution in [0.3, 0.4) is 0 Å². The van der Waals surface area contributed by atoms with Crippen molar-refractivity contribution in [2.45, 2.75) is 45.3 Å². The molecule has 1 aromatic rings. The summed E-state index contributed by atoms with van der Waals surface area (Å²) in [6.45, 7) is 5.47. The predicted octanol–water partition coefficient (Wildman–Crippen LogP) is 2.77. The third-order valence-corrected chi connectivity index (χ3v) is 3.22. The summed E-state index contributed by atoms with van der Waals surface area (Å²) in [6, 6.07) is 8.95. The van der Waals surface area contributed by atoms with E-state index in [1.165, 1.54) is 5.56 Å². The predicted molar refractivity (Wildman–Crippen MR) is 66.9 cm³/mol. The summed E-state index contributed by atoms with van der Waals surface area (Å²) in [7, 11) is 0. The first kappa shape index (κ1) is 11.5. The Morgan fingerprint density at radius 3 is 2.94 bits per heavy atom. The van der Waals surface area contributed by atoms with Gasteiger partial charge in [0.25, 0.3) is 0 Å². The molecule has 2 heteroatoms. The van der Waals surface area contributed by atoms with Crippen LogP contribution >= 0.6 is 0 Å². The highest BCUT2D eigenvalue weighted by molar-refractivity contribution is 5.33. The topological polar surface area (TPSA) is 21.3 Å². The molecular weight excluding hydrogens is 198 g/mol. The molecule has 1 aromatic carbocycles. The quantitative estimate of drug-likeness (QED) is 0.844. The Balaban J connectivity index is 2.02. The fourth-order valence-electron chi connectivity index (χ4n) is 2.28. The molecule has 1 aliphatic rings. The zero-order valence-corrected chi connectivity index (χ0v) is 10.2. The molecule has 1 N–H and O–H groups in total. The van der Waals surface area contributed by atoms with Crippen molar-refractivity contribution in [2.24, 2.45) is 0 Å². The zero-order valence-electron chi connectivity index (χ0n) is 10.2. The van der Waals surface area contributed by atoms with Crippen molar-refractivity contribution in [3.05, 3.63) is 29.8 Å². The number of aryl methyl sites for hydroxylation is 1. The molecule has 0 saturated carbocycles. The Morgan fingerprint density at radius 2 is 2.19 bits per heavy atom. The summed E-state index contributed by atoms with van der Waals surface area (Å²) in [5, 5.41) is 3.45. The van der Waals surface area contributed by atoms with Crippen molar-refractivity contribution in [1.29, 1.82) is 0 Å². The third-order valence-electron chi connectivity index (χ3n) is 3.22. The second-order valence-corrected chi connectivity index (χ2v) is 4.58. The molecule has 2 nitrogen and oxygen atoms in total. The lowest BCUT2D eigenvalue weighted by Crippen LogP contribution is -2.40. The lowest BCUT2D eigenvalue weighted by molar-refractivity contribution is 0.143. The van der Waals surface area contributed by atoms with Gasteiger partial charge in [-0.15, -0.1) is 0 Å². The largest absolute Gasteiger partial charge is 0.490 e. The summed E-state index contributed by atoms with van der Waals surface area (Å²) in [4.78, 5) is 0. The first-order chi connectivity index (χ1) is 7.79. The molecular formula is C14H21NO. The van der Waals surface area contributed by atoms with Gasteiger partial charge >= 0.3 is 0 Å². The molecule has 1 aliphatic heterocycles. The van der Waals surface area contributed by atoms with E-state index in [0.717, 1.165) is 31.6 Å². The van der Waals surface area contributed by atoms with Gasteiger partial charge in [0, 0.05) is 6.04 Å². The number of para-hydroxylation sites is 1. The smallest absolute Gasteiger partial charge is 0.122 e. The Morgan fingerprint density at radius 1 is 1.38 bits per heavy atom. The zero-order chi connectivity index (χ0) is 11.4. The standard InChI is InChI=1S/C14H21NO/c1-3-12-6-4-5-7-14(12)16-13-8-9-15-11(2)10-13/h4-7,11,13,15H,3,8-10H2,1-2H3. The van der Waals surface area contributed by atoms with E-state index in [1.807, 2.05) is 0 Å². The summed E-state index contributed by atoms with van der Waals surface area (Å²) in [5.41, 5.74) is 1.31. The van der Waals surface area contributed by atoms with Gasteiger partial charge in [0.1, 0.15) is 11.9 Å². The first-order valence-electron chi connectivity index (χ1n) is 6.27. The van der Waals surface area contributed by atoms with Crippen molar-refractivity contribution >= 4 is 0 Å². The molecule has 2 rings (SSSR count). The van der Waals surface area contributed by atoms with E-state index in [9.17, 15) is 0 Å². The average molecular weight is 219 g/mol. The molecule has 1 fully saturated rings. The highest BCUT2D eigenvalue weighted by Gasteiger charge is 2.20. The summed E-state index contributed by atoms with van der Waals surface area (Å²) < 4.78 is 6.11. The second kappa shape index (κ2) is 5.35. The Labute approximate surface area is 98.0 Å². The van der Waals surface area contributed by atoms with Crippen LogP contribution < -0.4 is 10.1 Å². The van der Waals surface area contributed by atoms with Crippen LogP contribution in [0, 0.1) is 0 Å². The number of piperidine rings is 1. The van der Waals surface area contributed by atoms with E-state index in [-0.39, 0.29) is 0 Å². The van der Waals surface area contributed by atoms with Gasteiger partial charge in [-0.3, -0.25) is 0 Å². The van der Waals surface area contributed by atoms with E-state index in [4.69, 9.17) is 4.74 Å². The van der Waals surface area contributed by atoms with Gasteiger partial charge in [0.15, 0.2) is 0 Å². The van der Waals surface area contributed by atoms with E-state index < -0.39 is 0 Å². The maximum atomic E-state index is 6.11. The van der Waals surface area contributed by atoms with Gasteiger partial charge in [0.2, 0.25) is 0 Å². The van der Waals surface area contributed by atoms with Crippen LogP contribution in [0.4, 0.5) is 0 Å². The molecule has 0 bridgehead atoms. The molecule has 2 unspecified atom stereocenters. The van der Waals surface area contributed by atoms with E-state index in [2.05, 4.69) is 43.4 Å². The normalized spacial score (nSPS) is 25.4. The maximum absolute atomic E-state index is 6.11. The molecule has 0 aliphatic carbocycles. The lowest BCUT2D eigenvalue weighted by Gasteiger charge is -2.29. The van der Waals surface area contributed by atoms with Crippen molar-refractivity contribution in [3.8, 4) is 5.75 Å². The fourth-order valence-corrected chi connectivity index (χ4v) is 2.28. The molecule has 1 heterocycles. The van der Waals surface area contributed by atoms with Crippen molar-refractivity contribution in [2.75, 3.05) is 6.54 Å². The van der Waals surface area contributed by atoms with Crippen LogP contribution in [0.5, 0.6) is 5.75 Å².